The molecule has 3 unspecified atom stereocenters. The second-order valence-corrected chi connectivity index (χ2v) is 18.3. The molecule has 2 aromatic rings. The van der Waals surface area contributed by atoms with E-state index in [9.17, 15) is 48.1 Å². The lowest BCUT2D eigenvalue weighted by Gasteiger charge is -2.33. The van der Waals surface area contributed by atoms with Crippen molar-refractivity contribution in [3.05, 3.63) is 53.2 Å². The molecule has 0 spiro atoms. The molecule has 24 nitrogen and oxygen atoms in total. The van der Waals surface area contributed by atoms with Crippen LogP contribution in [-0.4, -0.2) is 173 Å². The van der Waals surface area contributed by atoms with E-state index in [2.05, 4.69) is 22.0 Å². The molecule has 1 aromatic carbocycles. The van der Waals surface area contributed by atoms with Crippen molar-refractivity contribution in [2.24, 2.45) is 5.92 Å². The average molecular weight is 1040 g/mol. The smallest absolute Gasteiger partial charge is 0.472 e. The van der Waals surface area contributed by atoms with Gasteiger partial charge in [-0.2, -0.15) is 0 Å². The number of phosphoric acid groups is 1. The number of carboxylic acid groups (broad SMARTS) is 1. The first-order valence-electron chi connectivity index (χ1n) is 23.8. The van der Waals surface area contributed by atoms with Gasteiger partial charge in [0, 0.05) is 58.7 Å². The molecule has 0 bridgehead atoms. The number of benzene rings is 1. The van der Waals surface area contributed by atoms with Gasteiger partial charge in [0.25, 0.3) is 0 Å². The SMILES string of the molecule is CC(=O)OCC(COP(=O)(O)OCCNC(=O)COCCOCCNC(=O)COCCOCC(=O)Oc1ccc(C(CC(=O)O)CC2CCN(C(=O)CCc3ccc4c(n3)NCCC4)CC2)cc1)OC(C)=O. The summed E-state index contributed by atoms with van der Waals surface area (Å²) >= 11 is 0. The molecule has 0 aliphatic carbocycles. The van der Waals surface area contributed by atoms with Crippen molar-refractivity contribution in [3.8, 4) is 5.75 Å². The Morgan fingerprint density at radius 2 is 1.46 bits per heavy atom. The quantitative estimate of drug-likeness (QED) is 0.0290. The molecule has 4 rings (SSSR count). The highest BCUT2D eigenvalue weighted by Crippen LogP contribution is 2.43. The maximum Gasteiger partial charge on any atom is 0.472 e. The van der Waals surface area contributed by atoms with Crippen molar-refractivity contribution in [1.82, 2.24) is 20.5 Å². The molecule has 3 heterocycles. The van der Waals surface area contributed by atoms with Crippen molar-refractivity contribution in [2.75, 3.05) is 111 Å². The number of hydrogen-bond acceptors (Lipinski definition) is 19. The average Bonchev–Trinajstić information content (AvgIpc) is 3.34. The van der Waals surface area contributed by atoms with E-state index in [1.165, 1.54) is 5.56 Å². The zero-order chi connectivity index (χ0) is 52.1. The number of rotatable bonds is 34. The molecule has 1 saturated heterocycles. The summed E-state index contributed by atoms with van der Waals surface area (Å²) in [4.78, 5) is 99.8. The van der Waals surface area contributed by atoms with Crippen LogP contribution in [0.4, 0.5) is 5.82 Å². The summed E-state index contributed by atoms with van der Waals surface area (Å²) in [5, 5.41) is 18.1. The number of fused-ring (bicyclic) bond motifs is 1. The molecule has 400 valence electrons. The number of likely N-dealkylation sites (tertiary alicyclic amines) is 1. The summed E-state index contributed by atoms with van der Waals surface area (Å²) in [6.07, 6.45) is 4.13. The number of anilines is 1. The van der Waals surface area contributed by atoms with Crippen LogP contribution in [-0.2, 0) is 88.4 Å². The summed E-state index contributed by atoms with van der Waals surface area (Å²) in [5.41, 5.74) is 2.94. The molecule has 72 heavy (non-hydrogen) atoms. The number of piperidine rings is 1. The van der Waals surface area contributed by atoms with Crippen LogP contribution in [0.15, 0.2) is 36.4 Å². The molecular weight excluding hydrogens is 970 g/mol. The third-order valence-corrected chi connectivity index (χ3v) is 12.0. The molecular formula is C47H68N5O19P. The lowest BCUT2D eigenvalue weighted by atomic mass is 9.82. The van der Waals surface area contributed by atoms with Crippen LogP contribution >= 0.6 is 7.82 Å². The highest BCUT2D eigenvalue weighted by atomic mass is 31.2. The fourth-order valence-electron chi connectivity index (χ4n) is 7.55. The third-order valence-electron chi connectivity index (χ3n) is 11.0. The van der Waals surface area contributed by atoms with Gasteiger partial charge in [-0.15, -0.1) is 0 Å². The van der Waals surface area contributed by atoms with E-state index in [1.54, 1.807) is 24.3 Å². The predicted molar refractivity (Wildman–Crippen MR) is 254 cm³/mol. The van der Waals surface area contributed by atoms with Gasteiger partial charge in [0.05, 0.1) is 52.7 Å². The van der Waals surface area contributed by atoms with Gasteiger partial charge in [-0.05, 0) is 79.7 Å². The Hall–Kier alpha value is -5.59. The lowest BCUT2D eigenvalue weighted by Crippen LogP contribution is -2.39. The number of hydrogen-bond donors (Lipinski definition) is 5. The van der Waals surface area contributed by atoms with Crippen LogP contribution in [0.3, 0.4) is 0 Å². The summed E-state index contributed by atoms with van der Waals surface area (Å²) in [6.45, 7) is 2.51. The van der Waals surface area contributed by atoms with Crippen molar-refractivity contribution < 1.29 is 90.3 Å². The standard InChI is InChI=1S/C47H68N5O19P/c1-33(53)67-28-41(70-34(2)54)29-69-72(61,62)68-21-17-49-43(56)31-64-23-22-63-20-16-48-42(55)30-65-24-25-66-32-46(60)71-40-10-6-36(7-11-40)38(27-45(58)59)26-35-13-18-52(19-14-35)44(57)12-9-39-8-5-37-4-3-15-50-47(37)51-39/h5-8,10-11,35,38,41H,3-4,9,12-32H2,1-2H3,(H,48,55)(H,49,56)(H,50,51)(H,58,59)(H,61,62). The van der Waals surface area contributed by atoms with E-state index in [-0.39, 0.29) is 95.9 Å². The Morgan fingerprint density at radius 1 is 0.806 bits per heavy atom. The molecule has 25 heteroatoms. The van der Waals surface area contributed by atoms with E-state index in [4.69, 9.17) is 47.2 Å². The van der Waals surface area contributed by atoms with E-state index in [0.29, 0.717) is 32.4 Å². The highest BCUT2D eigenvalue weighted by molar-refractivity contribution is 7.47. The number of aromatic nitrogens is 1. The van der Waals surface area contributed by atoms with E-state index in [0.717, 1.165) is 63.2 Å². The van der Waals surface area contributed by atoms with Gasteiger partial charge in [0.2, 0.25) is 17.7 Å². The molecule has 2 aliphatic rings. The van der Waals surface area contributed by atoms with Crippen LogP contribution in [0.1, 0.15) is 75.1 Å². The third kappa shape index (κ3) is 24.7. The molecule has 0 radical (unpaired) electrons. The summed E-state index contributed by atoms with van der Waals surface area (Å²) in [7, 11) is -4.58. The number of nitrogens with zero attached hydrogens (tertiary/aromatic N) is 2. The number of ether oxygens (including phenoxy) is 7. The minimum Gasteiger partial charge on any atom is -0.481 e. The lowest BCUT2D eigenvalue weighted by molar-refractivity contribution is -0.158. The number of carbonyl (C=O) groups excluding carboxylic acids is 6. The number of pyridine rings is 1. The second kappa shape index (κ2) is 32.5. The Labute approximate surface area is 418 Å². The molecule has 2 aliphatic heterocycles. The summed E-state index contributed by atoms with van der Waals surface area (Å²) < 4.78 is 57.7. The van der Waals surface area contributed by atoms with Gasteiger partial charge in [-0.1, -0.05) is 18.2 Å². The van der Waals surface area contributed by atoms with Crippen molar-refractivity contribution >= 4 is 55.2 Å². The van der Waals surface area contributed by atoms with Crippen LogP contribution < -0.4 is 20.7 Å². The molecule has 0 saturated carbocycles. The first-order valence-corrected chi connectivity index (χ1v) is 25.3. The van der Waals surface area contributed by atoms with Gasteiger partial charge in [-0.3, -0.25) is 37.8 Å². The number of carbonyl (C=O) groups is 7. The number of carboxylic acids is 1. The Balaban J connectivity index is 0.968. The predicted octanol–water partition coefficient (Wildman–Crippen LogP) is 2.09. The zero-order valence-corrected chi connectivity index (χ0v) is 41.7. The fourth-order valence-corrected chi connectivity index (χ4v) is 8.30. The van der Waals surface area contributed by atoms with Crippen molar-refractivity contribution in [1.29, 1.82) is 0 Å². The minimum absolute atomic E-state index is 0.0201. The molecule has 3 atom stereocenters. The number of esters is 3. The summed E-state index contributed by atoms with van der Waals surface area (Å²) in [5.74, 6) is -2.55. The number of aryl methyl sites for hydroxylation is 2. The fraction of sp³-hybridized carbons (Fsp3) is 0.617. The molecule has 1 aromatic heterocycles. The van der Waals surface area contributed by atoms with Gasteiger partial charge in [-0.25, -0.2) is 14.3 Å². The van der Waals surface area contributed by atoms with Crippen LogP contribution in [0.2, 0.25) is 0 Å². The molecule has 3 amide bonds. The van der Waals surface area contributed by atoms with E-state index >= 15 is 0 Å². The van der Waals surface area contributed by atoms with E-state index in [1.807, 2.05) is 11.0 Å². The first-order chi connectivity index (χ1) is 34.5. The van der Waals surface area contributed by atoms with Crippen molar-refractivity contribution in [2.45, 2.75) is 77.2 Å². The van der Waals surface area contributed by atoms with Crippen LogP contribution in [0.25, 0.3) is 0 Å². The Bertz CT molecular complexity index is 2110. The maximum absolute atomic E-state index is 13.0. The Kier molecular flexibility index (Phi) is 26.6. The summed E-state index contributed by atoms with van der Waals surface area (Å²) in [6, 6.07) is 10.9. The second-order valence-electron chi connectivity index (χ2n) is 16.8. The van der Waals surface area contributed by atoms with Gasteiger partial charge >= 0.3 is 31.7 Å². The number of nitrogens with one attached hydrogen (secondary N) is 3. The number of aliphatic carboxylic acids is 1. The van der Waals surface area contributed by atoms with Crippen LogP contribution in [0.5, 0.6) is 5.75 Å². The molecule has 5 N–H and O–H groups in total. The molecule has 1 fully saturated rings. The topological polar surface area (TPSA) is 312 Å². The van der Waals surface area contributed by atoms with Gasteiger partial charge < -0.3 is 64.0 Å². The zero-order valence-electron chi connectivity index (χ0n) is 40.8. The normalized spacial score (nSPS) is 15.2. The van der Waals surface area contributed by atoms with Gasteiger partial charge in [0.15, 0.2) is 6.10 Å². The van der Waals surface area contributed by atoms with E-state index < -0.39 is 69.4 Å². The number of phosphoric ester groups is 1. The number of amides is 3. The van der Waals surface area contributed by atoms with Crippen molar-refractivity contribution in [3.63, 3.8) is 0 Å². The van der Waals surface area contributed by atoms with Crippen LogP contribution in [0, 0.1) is 5.92 Å². The largest absolute Gasteiger partial charge is 0.481 e. The van der Waals surface area contributed by atoms with Gasteiger partial charge in [0.1, 0.15) is 38.0 Å². The monoisotopic (exact) mass is 1040 g/mol. The Morgan fingerprint density at radius 3 is 2.11 bits per heavy atom. The minimum atomic E-state index is -4.58. The highest BCUT2D eigenvalue weighted by Gasteiger charge is 2.28. The first kappa shape index (κ1) is 59.0. The maximum atomic E-state index is 13.0.